The van der Waals surface area contributed by atoms with Crippen molar-refractivity contribution in [3.63, 3.8) is 0 Å². The minimum absolute atomic E-state index is 0.299. The van der Waals surface area contributed by atoms with E-state index in [0.29, 0.717) is 19.1 Å². The van der Waals surface area contributed by atoms with E-state index in [1.54, 1.807) is 0 Å². The van der Waals surface area contributed by atoms with Crippen LogP contribution in [0.3, 0.4) is 0 Å². The van der Waals surface area contributed by atoms with E-state index >= 15 is 0 Å². The Morgan fingerprint density at radius 1 is 1.24 bits per heavy atom. The van der Waals surface area contributed by atoms with E-state index in [1.807, 2.05) is 6.08 Å². The predicted molar refractivity (Wildman–Crippen MR) is 69.9 cm³/mol. The van der Waals surface area contributed by atoms with Crippen molar-refractivity contribution in [2.75, 3.05) is 13.2 Å². The van der Waals surface area contributed by atoms with E-state index in [1.165, 1.54) is 12.8 Å². The number of amides is 1. The number of carbonyl (C=O) groups is 1. The standard InChI is InChI=1S/C14H23NO2/c1-2-3-4-5-6-7-8-11-15-14(16)17-12-13-9-10-13/h3-4,7-8,13H,2,5-6,9-12H2,1H3,(H,15,16)/b4-3-,8-7+. The van der Waals surface area contributed by atoms with Gasteiger partial charge in [-0.3, -0.25) is 0 Å². The van der Waals surface area contributed by atoms with Crippen LogP contribution < -0.4 is 5.32 Å². The molecule has 0 spiro atoms. The number of carbonyl (C=O) groups excluding carboxylic acids is 1. The van der Waals surface area contributed by atoms with Gasteiger partial charge in [0, 0.05) is 6.54 Å². The average molecular weight is 237 g/mol. The summed E-state index contributed by atoms with van der Waals surface area (Å²) in [5.41, 5.74) is 0. The normalized spacial score (nSPS) is 15.6. The smallest absolute Gasteiger partial charge is 0.407 e. The monoisotopic (exact) mass is 237 g/mol. The van der Waals surface area contributed by atoms with Crippen molar-refractivity contribution in [1.82, 2.24) is 5.32 Å². The fourth-order valence-electron chi connectivity index (χ4n) is 1.35. The highest BCUT2D eigenvalue weighted by Crippen LogP contribution is 2.28. The fraction of sp³-hybridized carbons (Fsp3) is 0.643. The zero-order chi connectivity index (χ0) is 12.3. The molecule has 3 heteroatoms. The Labute approximate surface area is 104 Å². The van der Waals surface area contributed by atoms with E-state index in [-0.39, 0.29) is 6.09 Å². The van der Waals surface area contributed by atoms with E-state index in [4.69, 9.17) is 4.74 Å². The molecule has 0 aromatic heterocycles. The van der Waals surface area contributed by atoms with Gasteiger partial charge in [0.15, 0.2) is 0 Å². The molecule has 17 heavy (non-hydrogen) atoms. The van der Waals surface area contributed by atoms with Gasteiger partial charge in [-0.2, -0.15) is 0 Å². The molecule has 1 rings (SSSR count). The summed E-state index contributed by atoms with van der Waals surface area (Å²) >= 11 is 0. The lowest BCUT2D eigenvalue weighted by molar-refractivity contribution is 0.142. The number of nitrogens with one attached hydrogen (secondary N) is 1. The van der Waals surface area contributed by atoms with Crippen molar-refractivity contribution in [3.8, 4) is 0 Å². The Morgan fingerprint density at radius 3 is 2.59 bits per heavy atom. The molecule has 1 aliphatic carbocycles. The molecule has 0 atom stereocenters. The third kappa shape index (κ3) is 8.55. The van der Waals surface area contributed by atoms with Crippen LogP contribution in [0, 0.1) is 5.92 Å². The number of ether oxygens (including phenoxy) is 1. The molecule has 0 aliphatic heterocycles. The highest BCUT2D eigenvalue weighted by atomic mass is 16.5. The molecule has 0 radical (unpaired) electrons. The van der Waals surface area contributed by atoms with Crippen molar-refractivity contribution in [1.29, 1.82) is 0 Å². The molecule has 0 bridgehead atoms. The van der Waals surface area contributed by atoms with Crippen LogP contribution in [0.25, 0.3) is 0 Å². The van der Waals surface area contributed by atoms with Gasteiger partial charge in [-0.15, -0.1) is 0 Å². The Bertz CT molecular complexity index is 267. The fourth-order valence-corrected chi connectivity index (χ4v) is 1.35. The number of alkyl carbamates (subject to hydrolysis) is 1. The van der Waals surface area contributed by atoms with Gasteiger partial charge >= 0.3 is 6.09 Å². The van der Waals surface area contributed by atoms with Crippen molar-refractivity contribution < 1.29 is 9.53 Å². The van der Waals surface area contributed by atoms with E-state index < -0.39 is 0 Å². The topological polar surface area (TPSA) is 38.3 Å². The first-order valence-corrected chi connectivity index (χ1v) is 6.53. The van der Waals surface area contributed by atoms with Crippen LogP contribution >= 0.6 is 0 Å². The summed E-state index contributed by atoms with van der Waals surface area (Å²) in [7, 11) is 0. The van der Waals surface area contributed by atoms with Gasteiger partial charge in [-0.1, -0.05) is 31.2 Å². The number of hydrogen-bond acceptors (Lipinski definition) is 2. The first-order valence-electron chi connectivity index (χ1n) is 6.53. The zero-order valence-corrected chi connectivity index (χ0v) is 10.7. The minimum atomic E-state index is -0.299. The van der Waals surface area contributed by atoms with Gasteiger partial charge in [0.1, 0.15) is 0 Å². The highest BCUT2D eigenvalue weighted by Gasteiger charge is 2.22. The molecule has 0 heterocycles. The minimum Gasteiger partial charge on any atom is -0.449 e. The molecule has 0 saturated heterocycles. The van der Waals surface area contributed by atoms with Crippen molar-refractivity contribution in [3.05, 3.63) is 24.3 Å². The Hall–Kier alpha value is -1.25. The lowest BCUT2D eigenvalue weighted by atomic mass is 10.2. The van der Waals surface area contributed by atoms with Gasteiger partial charge in [0.05, 0.1) is 6.61 Å². The number of hydrogen-bond donors (Lipinski definition) is 1. The highest BCUT2D eigenvalue weighted by molar-refractivity contribution is 5.67. The van der Waals surface area contributed by atoms with Crippen LogP contribution in [-0.2, 0) is 4.74 Å². The predicted octanol–water partition coefficient (Wildman–Crippen LogP) is 3.43. The maximum Gasteiger partial charge on any atom is 0.407 e. The second-order valence-electron chi connectivity index (χ2n) is 4.35. The lowest BCUT2D eigenvalue weighted by Gasteiger charge is -2.03. The summed E-state index contributed by atoms with van der Waals surface area (Å²) in [6.45, 7) is 3.27. The molecule has 1 amide bonds. The average Bonchev–Trinajstić information content (AvgIpc) is 3.14. The third-order valence-corrected chi connectivity index (χ3v) is 2.58. The van der Waals surface area contributed by atoms with Crippen LogP contribution in [-0.4, -0.2) is 19.2 Å². The van der Waals surface area contributed by atoms with E-state index in [9.17, 15) is 4.79 Å². The van der Waals surface area contributed by atoms with Crippen LogP contribution in [0.15, 0.2) is 24.3 Å². The zero-order valence-electron chi connectivity index (χ0n) is 10.7. The molecule has 0 unspecified atom stereocenters. The molecule has 0 aromatic rings. The largest absolute Gasteiger partial charge is 0.449 e. The molecule has 1 aliphatic rings. The maximum atomic E-state index is 11.2. The van der Waals surface area contributed by atoms with Gasteiger partial charge < -0.3 is 10.1 Å². The SMILES string of the molecule is CC/C=C\CC/C=C/CNC(=O)OCC1CC1. The molecular weight excluding hydrogens is 214 g/mol. The number of rotatable bonds is 8. The molecule has 1 fully saturated rings. The summed E-state index contributed by atoms with van der Waals surface area (Å²) in [6.07, 6.45) is 13.7. The first-order chi connectivity index (χ1) is 8.33. The summed E-state index contributed by atoms with van der Waals surface area (Å²) in [6, 6.07) is 0. The van der Waals surface area contributed by atoms with Crippen LogP contribution in [0.5, 0.6) is 0 Å². The molecule has 96 valence electrons. The molecular formula is C14H23NO2. The van der Waals surface area contributed by atoms with Crippen LogP contribution in [0.1, 0.15) is 39.0 Å². The van der Waals surface area contributed by atoms with Crippen molar-refractivity contribution >= 4 is 6.09 Å². The van der Waals surface area contributed by atoms with E-state index in [0.717, 1.165) is 19.3 Å². The number of allylic oxidation sites excluding steroid dienone is 3. The Kier molecular flexibility index (Phi) is 7.19. The number of unbranched alkanes of at least 4 members (excludes halogenated alkanes) is 1. The summed E-state index contributed by atoms with van der Waals surface area (Å²) in [4.78, 5) is 11.2. The van der Waals surface area contributed by atoms with Gasteiger partial charge in [0.25, 0.3) is 0 Å². The summed E-state index contributed by atoms with van der Waals surface area (Å²) < 4.78 is 5.03. The Balaban J connectivity index is 1.88. The summed E-state index contributed by atoms with van der Waals surface area (Å²) in [5.74, 6) is 0.627. The molecule has 1 N–H and O–H groups in total. The first kappa shape index (κ1) is 13.8. The second-order valence-corrected chi connectivity index (χ2v) is 4.35. The van der Waals surface area contributed by atoms with E-state index in [2.05, 4.69) is 30.5 Å². The van der Waals surface area contributed by atoms with Gasteiger partial charge in [-0.25, -0.2) is 4.79 Å². The van der Waals surface area contributed by atoms with Gasteiger partial charge in [-0.05, 0) is 38.0 Å². The third-order valence-electron chi connectivity index (χ3n) is 2.58. The Morgan fingerprint density at radius 2 is 1.94 bits per heavy atom. The lowest BCUT2D eigenvalue weighted by Crippen LogP contribution is -2.25. The van der Waals surface area contributed by atoms with Gasteiger partial charge in [0.2, 0.25) is 0 Å². The quantitative estimate of drug-likeness (QED) is 0.519. The van der Waals surface area contributed by atoms with Crippen molar-refractivity contribution in [2.45, 2.75) is 39.0 Å². The van der Waals surface area contributed by atoms with Crippen LogP contribution in [0.2, 0.25) is 0 Å². The maximum absolute atomic E-state index is 11.2. The van der Waals surface area contributed by atoms with Crippen molar-refractivity contribution in [2.24, 2.45) is 5.92 Å². The summed E-state index contributed by atoms with van der Waals surface area (Å²) in [5, 5.41) is 2.70. The molecule has 0 aromatic carbocycles. The van der Waals surface area contributed by atoms with Crippen LogP contribution in [0.4, 0.5) is 4.79 Å². The molecule has 3 nitrogen and oxygen atoms in total. The molecule has 1 saturated carbocycles. The second kappa shape index (κ2) is 8.85.